The maximum Gasteiger partial charge on any atom is 0.326 e. The Bertz CT molecular complexity index is 1550. The quantitative estimate of drug-likeness (QED) is 0.313. The SMILES string of the molecule is N#Cc1ccc2c(c1)c1c(n2C(=O)NCc2ccnc(Br)c2)CCN(CC=Cc2cc(F)cc(F)c2)C1. The molecule has 0 bridgehead atoms. The molecule has 6 nitrogen and oxygen atoms in total. The molecule has 2 aromatic carbocycles. The van der Waals surface area contributed by atoms with Crippen LogP contribution in [0.25, 0.3) is 17.0 Å². The summed E-state index contributed by atoms with van der Waals surface area (Å²) in [5.41, 5.74) is 4.59. The number of benzene rings is 2. The summed E-state index contributed by atoms with van der Waals surface area (Å²) < 4.78 is 29.4. The molecule has 0 aliphatic carbocycles. The number of hydrogen-bond donors (Lipinski definition) is 1. The summed E-state index contributed by atoms with van der Waals surface area (Å²) in [4.78, 5) is 19.7. The van der Waals surface area contributed by atoms with E-state index in [-0.39, 0.29) is 6.03 Å². The molecule has 1 amide bonds. The van der Waals surface area contributed by atoms with E-state index in [0.717, 1.165) is 33.8 Å². The first-order valence-electron chi connectivity index (χ1n) is 11.7. The molecule has 0 spiro atoms. The van der Waals surface area contributed by atoms with Crippen molar-refractivity contribution >= 4 is 38.9 Å². The maximum absolute atomic E-state index is 13.5. The van der Waals surface area contributed by atoms with Crippen molar-refractivity contribution in [3.63, 3.8) is 0 Å². The first kappa shape index (κ1) is 24.8. The average molecular weight is 562 g/mol. The molecule has 3 heterocycles. The highest BCUT2D eigenvalue weighted by atomic mass is 79.9. The van der Waals surface area contributed by atoms with Crippen molar-refractivity contribution in [3.05, 3.63) is 105 Å². The van der Waals surface area contributed by atoms with Gasteiger partial charge < -0.3 is 5.32 Å². The summed E-state index contributed by atoms with van der Waals surface area (Å²) >= 11 is 3.35. The van der Waals surface area contributed by atoms with E-state index in [2.05, 4.69) is 37.2 Å². The number of nitriles is 1. The number of aromatic nitrogens is 2. The number of nitrogens with zero attached hydrogens (tertiary/aromatic N) is 4. The Morgan fingerprint density at radius 3 is 2.73 bits per heavy atom. The summed E-state index contributed by atoms with van der Waals surface area (Å²) in [6.45, 7) is 2.22. The molecule has 1 aliphatic heterocycles. The van der Waals surface area contributed by atoms with E-state index in [1.165, 1.54) is 12.1 Å². The zero-order valence-electron chi connectivity index (χ0n) is 19.7. The van der Waals surface area contributed by atoms with Crippen LogP contribution in [0.1, 0.15) is 27.9 Å². The fraction of sp³-hybridized carbons (Fsp3) is 0.179. The van der Waals surface area contributed by atoms with Gasteiger partial charge in [0.25, 0.3) is 0 Å². The van der Waals surface area contributed by atoms with Crippen molar-refractivity contribution < 1.29 is 13.6 Å². The van der Waals surface area contributed by atoms with Crippen LogP contribution in [0.15, 0.2) is 65.4 Å². The van der Waals surface area contributed by atoms with Gasteiger partial charge in [-0.3, -0.25) is 9.47 Å². The van der Waals surface area contributed by atoms with Crippen LogP contribution in [0, 0.1) is 23.0 Å². The molecule has 1 aliphatic rings. The lowest BCUT2D eigenvalue weighted by Crippen LogP contribution is -2.34. The average Bonchev–Trinajstić information content (AvgIpc) is 3.20. The first-order valence-corrected chi connectivity index (χ1v) is 12.5. The highest BCUT2D eigenvalue weighted by Crippen LogP contribution is 2.32. The molecular formula is C28H22BrF2N5O. The fourth-order valence-corrected chi connectivity index (χ4v) is 5.10. The second-order valence-electron chi connectivity index (χ2n) is 8.84. The lowest BCUT2D eigenvalue weighted by molar-refractivity contribution is 0.240. The highest BCUT2D eigenvalue weighted by Gasteiger charge is 2.26. The van der Waals surface area contributed by atoms with Gasteiger partial charge in [0.15, 0.2) is 0 Å². The molecular weight excluding hydrogens is 540 g/mol. The highest BCUT2D eigenvalue weighted by molar-refractivity contribution is 9.10. The van der Waals surface area contributed by atoms with Crippen molar-refractivity contribution in [2.24, 2.45) is 0 Å². The third-order valence-electron chi connectivity index (χ3n) is 6.35. The van der Waals surface area contributed by atoms with Crippen LogP contribution in [0.5, 0.6) is 0 Å². The predicted octanol–water partition coefficient (Wildman–Crippen LogP) is 5.78. The van der Waals surface area contributed by atoms with Gasteiger partial charge in [0.2, 0.25) is 0 Å². The Kier molecular flexibility index (Phi) is 7.12. The molecule has 9 heteroatoms. The molecule has 5 rings (SSSR count). The number of pyridine rings is 1. The Balaban J connectivity index is 1.39. The third-order valence-corrected chi connectivity index (χ3v) is 6.79. The predicted molar refractivity (Wildman–Crippen MR) is 141 cm³/mol. The topological polar surface area (TPSA) is 74.0 Å². The second kappa shape index (κ2) is 10.6. The van der Waals surface area contributed by atoms with Crippen LogP contribution < -0.4 is 5.32 Å². The fourth-order valence-electron chi connectivity index (χ4n) is 4.69. The van der Waals surface area contributed by atoms with Gasteiger partial charge in [0, 0.05) is 55.9 Å². The normalized spacial score (nSPS) is 13.6. The minimum absolute atomic E-state index is 0.231. The van der Waals surface area contributed by atoms with Gasteiger partial charge in [-0.25, -0.2) is 18.6 Å². The summed E-state index contributed by atoms with van der Waals surface area (Å²) in [7, 11) is 0. The molecule has 0 radical (unpaired) electrons. The van der Waals surface area contributed by atoms with Crippen LogP contribution in [-0.4, -0.2) is 33.6 Å². The molecule has 37 heavy (non-hydrogen) atoms. The number of carbonyl (C=O) groups excluding carboxylic acids is 1. The van der Waals surface area contributed by atoms with E-state index in [1.54, 1.807) is 22.9 Å². The van der Waals surface area contributed by atoms with Crippen LogP contribution in [0.2, 0.25) is 0 Å². The number of carbonyl (C=O) groups is 1. The van der Waals surface area contributed by atoms with E-state index in [9.17, 15) is 18.8 Å². The molecule has 0 atom stereocenters. The molecule has 4 aromatic rings. The van der Waals surface area contributed by atoms with E-state index < -0.39 is 11.6 Å². The molecule has 1 N–H and O–H groups in total. The Hall–Kier alpha value is -3.87. The Morgan fingerprint density at radius 2 is 1.97 bits per heavy atom. The number of nitrogens with one attached hydrogen (secondary N) is 1. The minimum atomic E-state index is -0.613. The summed E-state index contributed by atoms with van der Waals surface area (Å²) in [5, 5.41) is 13.3. The Morgan fingerprint density at radius 1 is 1.16 bits per heavy atom. The summed E-state index contributed by atoms with van der Waals surface area (Å²) in [6, 6.07) is 14.4. The zero-order valence-corrected chi connectivity index (χ0v) is 21.3. The van der Waals surface area contributed by atoms with Crippen molar-refractivity contribution in [1.29, 1.82) is 5.26 Å². The van der Waals surface area contributed by atoms with Crippen LogP contribution >= 0.6 is 15.9 Å². The lowest BCUT2D eigenvalue weighted by atomic mass is 10.0. The van der Waals surface area contributed by atoms with E-state index >= 15 is 0 Å². The van der Waals surface area contributed by atoms with Crippen LogP contribution in [-0.2, 0) is 19.5 Å². The van der Waals surface area contributed by atoms with Gasteiger partial charge >= 0.3 is 6.03 Å². The maximum atomic E-state index is 13.5. The van der Waals surface area contributed by atoms with E-state index in [0.29, 0.717) is 48.3 Å². The lowest BCUT2D eigenvalue weighted by Gasteiger charge is -2.27. The van der Waals surface area contributed by atoms with Gasteiger partial charge in [0.1, 0.15) is 16.2 Å². The molecule has 186 valence electrons. The minimum Gasteiger partial charge on any atom is -0.333 e. The van der Waals surface area contributed by atoms with Crippen LogP contribution in [0.4, 0.5) is 13.6 Å². The zero-order chi connectivity index (χ0) is 25.9. The third kappa shape index (κ3) is 5.45. The summed E-state index contributed by atoms with van der Waals surface area (Å²) in [5.74, 6) is -1.23. The van der Waals surface area contributed by atoms with Gasteiger partial charge in [0.05, 0.1) is 17.1 Å². The number of amides is 1. The standard InChI is InChI=1S/C28H22BrF2N5O/c29-27-13-20(5-7-33-27)16-34-28(37)36-25-4-3-19(15-32)12-23(25)24-17-35(9-6-26(24)36)8-1-2-18-10-21(30)14-22(31)11-18/h1-5,7,10-14H,6,8-9,16-17H2,(H,34,37). The molecule has 0 unspecified atom stereocenters. The number of hydrogen-bond acceptors (Lipinski definition) is 4. The number of fused-ring (bicyclic) bond motifs is 3. The van der Waals surface area contributed by atoms with Gasteiger partial charge in [-0.05, 0) is 75.1 Å². The van der Waals surface area contributed by atoms with Crippen molar-refractivity contribution in [2.75, 3.05) is 13.1 Å². The van der Waals surface area contributed by atoms with Crippen LogP contribution in [0.3, 0.4) is 0 Å². The largest absolute Gasteiger partial charge is 0.333 e. The number of rotatable bonds is 5. The molecule has 0 saturated carbocycles. The smallest absolute Gasteiger partial charge is 0.326 e. The van der Waals surface area contributed by atoms with E-state index in [4.69, 9.17) is 0 Å². The van der Waals surface area contributed by atoms with E-state index in [1.807, 2.05) is 30.3 Å². The van der Waals surface area contributed by atoms with Crippen molar-refractivity contribution in [1.82, 2.24) is 19.8 Å². The monoisotopic (exact) mass is 561 g/mol. The van der Waals surface area contributed by atoms with Crippen molar-refractivity contribution in [3.8, 4) is 6.07 Å². The Labute approximate surface area is 221 Å². The molecule has 0 saturated heterocycles. The van der Waals surface area contributed by atoms with Gasteiger partial charge in [-0.2, -0.15) is 5.26 Å². The number of halogens is 3. The second-order valence-corrected chi connectivity index (χ2v) is 9.65. The van der Waals surface area contributed by atoms with Gasteiger partial charge in [-0.1, -0.05) is 12.2 Å². The molecule has 0 fully saturated rings. The van der Waals surface area contributed by atoms with Gasteiger partial charge in [-0.15, -0.1) is 0 Å². The molecule has 2 aromatic heterocycles. The first-order chi connectivity index (χ1) is 17.9. The summed E-state index contributed by atoms with van der Waals surface area (Å²) in [6.07, 6.45) is 5.89. The van der Waals surface area contributed by atoms with Crippen molar-refractivity contribution in [2.45, 2.75) is 19.5 Å².